The molecule has 0 aliphatic heterocycles. The summed E-state index contributed by atoms with van der Waals surface area (Å²) in [6.45, 7) is 1.90. The molecule has 0 bridgehead atoms. The van der Waals surface area contributed by atoms with Crippen molar-refractivity contribution < 1.29 is 9.59 Å². The second-order valence-corrected chi connectivity index (χ2v) is 6.72. The first-order chi connectivity index (χ1) is 11.0. The van der Waals surface area contributed by atoms with E-state index in [2.05, 4.69) is 36.4 Å². The maximum atomic E-state index is 12.0. The Bertz CT molecular complexity index is 692. The fourth-order valence-corrected chi connectivity index (χ4v) is 2.96. The number of H-pyrrole nitrogens is 1. The minimum Gasteiger partial charge on any atom is -0.336 e. The number of amides is 2. The topological polar surface area (TPSA) is 91.0 Å². The number of likely N-dealkylation sites (N-methyl/N-ethyl adjacent to an activating group) is 1. The fourth-order valence-electron chi connectivity index (χ4n) is 1.76. The second-order valence-electron chi connectivity index (χ2n) is 4.84. The van der Waals surface area contributed by atoms with Crippen LogP contribution in [0.25, 0.3) is 0 Å². The first-order valence-electron chi connectivity index (χ1n) is 6.74. The zero-order valence-corrected chi connectivity index (χ0v) is 15.1. The van der Waals surface area contributed by atoms with Crippen LogP contribution in [0.4, 0.5) is 5.69 Å². The van der Waals surface area contributed by atoms with Crippen molar-refractivity contribution in [1.29, 1.82) is 0 Å². The highest BCUT2D eigenvalue weighted by atomic mass is 79.9. The quantitative estimate of drug-likeness (QED) is 0.727. The summed E-state index contributed by atoms with van der Waals surface area (Å²) in [7, 11) is 1.59. The Morgan fingerprint density at radius 2 is 2.22 bits per heavy atom. The van der Waals surface area contributed by atoms with Gasteiger partial charge in [0.25, 0.3) is 0 Å². The lowest BCUT2D eigenvalue weighted by atomic mass is 10.2. The summed E-state index contributed by atoms with van der Waals surface area (Å²) < 4.78 is 0.949. The van der Waals surface area contributed by atoms with Crippen molar-refractivity contribution in [1.82, 2.24) is 20.1 Å². The number of halogens is 1. The van der Waals surface area contributed by atoms with E-state index in [9.17, 15) is 9.59 Å². The largest absolute Gasteiger partial charge is 0.336 e. The van der Waals surface area contributed by atoms with Crippen molar-refractivity contribution in [2.45, 2.75) is 12.1 Å². The molecule has 7 nitrogen and oxygen atoms in total. The third kappa shape index (κ3) is 5.36. The van der Waals surface area contributed by atoms with E-state index in [1.165, 1.54) is 23.0 Å². The molecule has 1 aromatic carbocycles. The molecule has 0 aliphatic carbocycles. The molecular weight excluding hydrogens is 382 g/mol. The third-order valence-electron chi connectivity index (χ3n) is 2.99. The van der Waals surface area contributed by atoms with Gasteiger partial charge in [-0.25, -0.2) is 4.98 Å². The van der Waals surface area contributed by atoms with Crippen molar-refractivity contribution in [3.63, 3.8) is 0 Å². The Hall–Kier alpha value is -1.87. The van der Waals surface area contributed by atoms with Gasteiger partial charge in [-0.05, 0) is 30.7 Å². The molecule has 122 valence electrons. The summed E-state index contributed by atoms with van der Waals surface area (Å²) in [5, 5.41) is 9.74. The van der Waals surface area contributed by atoms with E-state index < -0.39 is 0 Å². The van der Waals surface area contributed by atoms with E-state index in [0.29, 0.717) is 5.16 Å². The van der Waals surface area contributed by atoms with Crippen LogP contribution in [-0.4, -0.2) is 51.2 Å². The number of hydrogen-bond acceptors (Lipinski definition) is 5. The van der Waals surface area contributed by atoms with Gasteiger partial charge in [0.2, 0.25) is 11.8 Å². The Morgan fingerprint density at radius 1 is 1.43 bits per heavy atom. The van der Waals surface area contributed by atoms with Crippen molar-refractivity contribution in [2.24, 2.45) is 0 Å². The molecule has 2 amide bonds. The van der Waals surface area contributed by atoms with Gasteiger partial charge in [-0.2, -0.15) is 5.10 Å². The Labute approximate surface area is 146 Å². The van der Waals surface area contributed by atoms with Crippen LogP contribution in [0.2, 0.25) is 0 Å². The summed E-state index contributed by atoms with van der Waals surface area (Å²) in [6.07, 6.45) is 1.38. The number of anilines is 1. The molecule has 2 rings (SSSR count). The van der Waals surface area contributed by atoms with E-state index in [1.807, 2.05) is 25.1 Å². The van der Waals surface area contributed by atoms with Crippen molar-refractivity contribution in [3.8, 4) is 0 Å². The number of rotatable bonds is 6. The lowest BCUT2D eigenvalue weighted by molar-refractivity contribution is -0.131. The molecule has 0 aliphatic rings. The van der Waals surface area contributed by atoms with Crippen LogP contribution in [0.5, 0.6) is 0 Å². The molecule has 0 saturated carbocycles. The van der Waals surface area contributed by atoms with Crippen LogP contribution in [-0.2, 0) is 9.59 Å². The first kappa shape index (κ1) is 17.5. The minimum atomic E-state index is -0.240. The number of aromatic nitrogens is 3. The van der Waals surface area contributed by atoms with E-state index in [-0.39, 0.29) is 24.1 Å². The number of aryl methyl sites for hydroxylation is 1. The molecule has 0 unspecified atom stereocenters. The molecular formula is C14H16BrN5O2S. The standard InChI is InChI=1S/C14H16BrN5O2S/c1-9-5-10(15)3-4-11(9)18-12(21)6-20(2)13(22)7-23-14-16-8-17-19-14/h3-5,8H,6-7H2,1-2H3,(H,18,21)(H,16,17,19). The normalized spacial score (nSPS) is 10.4. The van der Waals surface area contributed by atoms with Gasteiger partial charge in [0, 0.05) is 17.2 Å². The molecule has 1 heterocycles. The van der Waals surface area contributed by atoms with Gasteiger partial charge in [0.1, 0.15) is 6.33 Å². The predicted octanol–water partition coefficient (Wildman–Crippen LogP) is 2.06. The minimum absolute atomic E-state index is 0.00863. The molecule has 0 spiro atoms. The lowest BCUT2D eigenvalue weighted by Gasteiger charge is -2.17. The molecule has 0 saturated heterocycles. The molecule has 1 aromatic heterocycles. The number of thioether (sulfide) groups is 1. The average molecular weight is 398 g/mol. The summed E-state index contributed by atoms with van der Waals surface area (Å²) in [6, 6.07) is 5.59. The smallest absolute Gasteiger partial charge is 0.243 e. The number of hydrogen-bond donors (Lipinski definition) is 2. The molecule has 23 heavy (non-hydrogen) atoms. The highest BCUT2D eigenvalue weighted by Crippen LogP contribution is 2.20. The molecule has 2 N–H and O–H groups in total. The monoisotopic (exact) mass is 397 g/mol. The van der Waals surface area contributed by atoms with Gasteiger partial charge < -0.3 is 10.2 Å². The summed E-state index contributed by atoms with van der Waals surface area (Å²) >= 11 is 4.62. The van der Waals surface area contributed by atoms with Gasteiger partial charge in [0.15, 0.2) is 5.16 Å². The first-order valence-corrected chi connectivity index (χ1v) is 8.51. The highest BCUT2D eigenvalue weighted by molar-refractivity contribution is 9.10. The van der Waals surface area contributed by atoms with Crippen LogP contribution in [0.15, 0.2) is 34.2 Å². The van der Waals surface area contributed by atoms with Crippen LogP contribution >= 0.6 is 27.7 Å². The van der Waals surface area contributed by atoms with E-state index in [0.717, 1.165) is 15.7 Å². The average Bonchev–Trinajstić information content (AvgIpc) is 3.01. The molecule has 0 fully saturated rings. The lowest BCUT2D eigenvalue weighted by Crippen LogP contribution is -2.36. The van der Waals surface area contributed by atoms with Crippen LogP contribution in [0.1, 0.15) is 5.56 Å². The summed E-state index contributed by atoms with van der Waals surface area (Å²) in [5.41, 5.74) is 1.68. The summed E-state index contributed by atoms with van der Waals surface area (Å²) in [5.74, 6) is -0.207. The van der Waals surface area contributed by atoms with Gasteiger partial charge in [0.05, 0.1) is 12.3 Å². The zero-order valence-electron chi connectivity index (χ0n) is 12.7. The zero-order chi connectivity index (χ0) is 16.8. The summed E-state index contributed by atoms with van der Waals surface area (Å²) in [4.78, 5) is 29.3. The molecule has 0 atom stereocenters. The van der Waals surface area contributed by atoms with Gasteiger partial charge in [-0.15, -0.1) is 0 Å². The number of nitrogens with zero attached hydrogens (tertiary/aromatic N) is 3. The SMILES string of the molecule is Cc1cc(Br)ccc1NC(=O)CN(C)C(=O)CSc1ncn[nH]1. The van der Waals surface area contributed by atoms with Crippen LogP contribution in [0.3, 0.4) is 0 Å². The maximum Gasteiger partial charge on any atom is 0.243 e. The maximum absolute atomic E-state index is 12.0. The van der Waals surface area contributed by atoms with E-state index in [1.54, 1.807) is 7.05 Å². The number of benzene rings is 1. The number of carbonyl (C=O) groups is 2. The van der Waals surface area contributed by atoms with Crippen molar-refractivity contribution in [3.05, 3.63) is 34.6 Å². The number of carbonyl (C=O) groups excluding carboxylic acids is 2. The van der Waals surface area contributed by atoms with Crippen molar-refractivity contribution >= 4 is 45.2 Å². The Morgan fingerprint density at radius 3 is 2.87 bits per heavy atom. The fraction of sp³-hybridized carbons (Fsp3) is 0.286. The second kappa shape index (κ2) is 8.11. The van der Waals surface area contributed by atoms with E-state index >= 15 is 0 Å². The predicted molar refractivity (Wildman–Crippen MR) is 92.3 cm³/mol. The number of nitrogens with one attached hydrogen (secondary N) is 2. The highest BCUT2D eigenvalue weighted by Gasteiger charge is 2.14. The van der Waals surface area contributed by atoms with Gasteiger partial charge in [-0.1, -0.05) is 27.7 Å². The Kier molecular flexibility index (Phi) is 6.17. The van der Waals surface area contributed by atoms with Gasteiger partial charge >= 0.3 is 0 Å². The third-order valence-corrected chi connectivity index (χ3v) is 4.35. The molecule has 2 aromatic rings. The van der Waals surface area contributed by atoms with E-state index in [4.69, 9.17) is 0 Å². The van der Waals surface area contributed by atoms with Gasteiger partial charge in [-0.3, -0.25) is 14.7 Å². The Balaban J connectivity index is 1.82. The van der Waals surface area contributed by atoms with Crippen molar-refractivity contribution in [2.75, 3.05) is 24.7 Å². The van der Waals surface area contributed by atoms with Crippen LogP contribution in [0, 0.1) is 6.92 Å². The molecule has 0 radical (unpaired) electrons. The number of aromatic amines is 1. The van der Waals surface area contributed by atoms with Crippen LogP contribution < -0.4 is 5.32 Å². The molecule has 9 heteroatoms.